The Hall–Kier alpha value is -1.88. The fourth-order valence-electron chi connectivity index (χ4n) is 3.57. The number of aromatic nitrogens is 3. The average Bonchev–Trinajstić information content (AvgIpc) is 3.17. The van der Waals surface area contributed by atoms with E-state index in [4.69, 9.17) is 14.5 Å². The predicted octanol–water partition coefficient (Wildman–Crippen LogP) is 3.33. The molecule has 0 bridgehead atoms. The standard InChI is InChI=1S/C23H36N6O2.HI/c1-4-6-15-31-20-10-7-18(8-11-20)13-14-25-23(24-5-2)26-19-9-12-22-27-21(17-30-3)28-29(22)16-19;/h7-8,10-11,19H,4-6,9,12-17H2,1-3H3,(H2,24,25,26);1H. The quantitative estimate of drug-likeness (QED) is 0.191. The van der Waals surface area contributed by atoms with E-state index >= 15 is 0 Å². The third-order valence-electron chi connectivity index (χ3n) is 5.22. The van der Waals surface area contributed by atoms with Gasteiger partial charge in [0.15, 0.2) is 11.8 Å². The van der Waals surface area contributed by atoms with Crippen LogP contribution in [0.25, 0.3) is 0 Å². The predicted molar refractivity (Wildman–Crippen MR) is 138 cm³/mol. The lowest BCUT2D eigenvalue weighted by Gasteiger charge is -2.25. The van der Waals surface area contributed by atoms with Crippen molar-refractivity contribution < 1.29 is 9.47 Å². The van der Waals surface area contributed by atoms with E-state index in [0.717, 1.165) is 81.7 Å². The van der Waals surface area contributed by atoms with Crippen LogP contribution in [0.4, 0.5) is 0 Å². The van der Waals surface area contributed by atoms with E-state index in [2.05, 4.69) is 46.7 Å². The number of nitrogens with zero attached hydrogens (tertiary/aromatic N) is 4. The zero-order valence-corrected chi connectivity index (χ0v) is 21.8. The number of ether oxygens (including phenoxy) is 2. The van der Waals surface area contributed by atoms with Crippen molar-refractivity contribution in [3.05, 3.63) is 41.5 Å². The summed E-state index contributed by atoms with van der Waals surface area (Å²) < 4.78 is 12.9. The molecule has 32 heavy (non-hydrogen) atoms. The smallest absolute Gasteiger partial charge is 0.191 e. The molecular formula is C23H37IN6O2. The van der Waals surface area contributed by atoms with Gasteiger partial charge in [-0.05, 0) is 43.9 Å². The molecule has 2 N–H and O–H groups in total. The summed E-state index contributed by atoms with van der Waals surface area (Å²) in [6.07, 6.45) is 5.04. The number of guanidine groups is 1. The van der Waals surface area contributed by atoms with Crippen molar-refractivity contribution >= 4 is 29.9 Å². The van der Waals surface area contributed by atoms with Crippen LogP contribution in [0.15, 0.2) is 29.3 Å². The highest BCUT2D eigenvalue weighted by molar-refractivity contribution is 14.0. The zero-order valence-electron chi connectivity index (χ0n) is 19.5. The Morgan fingerprint density at radius 2 is 2.06 bits per heavy atom. The van der Waals surface area contributed by atoms with E-state index in [9.17, 15) is 0 Å². The second kappa shape index (κ2) is 14.3. The molecule has 3 rings (SSSR count). The monoisotopic (exact) mass is 556 g/mol. The van der Waals surface area contributed by atoms with Gasteiger partial charge in [-0.3, -0.25) is 4.99 Å². The van der Waals surface area contributed by atoms with Gasteiger partial charge in [0.05, 0.1) is 13.2 Å². The van der Waals surface area contributed by atoms with Gasteiger partial charge in [-0.1, -0.05) is 25.5 Å². The number of unbranched alkanes of at least 4 members (excludes halogenated alkanes) is 1. The Morgan fingerprint density at radius 3 is 2.78 bits per heavy atom. The topological polar surface area (TPSA) is 85.6 Å². The molecule has 0 saturated carbocycles. The molecule has 1 aliphatic heterocycles. The van der Waals surface area contributed by atoms with Crippen molar-refractivity contribution in [3.8, 4) is 5.75 Å². The van der Waals surface area contributed by atoms with Crippen LogP contribution >= 0.6 is 24.0 Å². The van der Waals surface area contributed by atoms with E-state index < -0.39 is 0 Å². The van der Waals surface area contributed by atoms with Crippen LogP contribution in [0.1, 0.15) is 50.3 Å². The molecule has 0 spiro atoms. The summed E-state index contributed by atoms with van der Waals surface area (Å²) >= 11 is 0. The maximum Gasteiger partial charge on any atom is 0.191 e. The molecule has 0 saturated heterocycles. The maximum atomic E-state index is 5.73. The normalized spacial score (nSPS) is 15.6. The van der Waals surface area contributed by atoms with Crippen molar-refractivity contribution in [2.75, 3.05) is 26.8 Å². The molecule has 1 unspecified atom stereocenters. The van der Waals surface area contributed by atoms with Gasteiger partial charge in [0.25, 0.3) is 0 Å². The van der Waals surface area contributed by atoms with Gasteiger partial charge in [0, 0.05) is 32.7 Å². The molecule has 1 aromatic heterocycles. The Bertz CT molecular complexity index is 824. The Kier molecular flexibility index (Phi) is 11.8. The molecule has 2 heterocycles. The third kappa shape index (κ3) is 8.23. The first-order valence-corrected chi connectivity index (χ1v) is 11.4. The number of benzene rings is 1. The second-order valence-corrected chi connectivity index (χ2v) is 7.80. The van der Waals surface area contributed by atoms with Gasteiger partial charge in [-0.15, -0.1) is 24.0 Å². The number of hydrogen-bond donors (Lipinski definition) is 2. The number of aryl methyl sites for hydroxylation is 1. The highest BCUT2D eigenvalue weighted by Crippen LogP contribution is 2.14. The Morgan fingerprint density at radius 1 is 1.25 bits per heavy atom. The lowest BCUT2D eigenvalue weighted by Crippen LogP contribution is -2.47. The maximum absolute atomic E-state index is 5.73. The van der Waals surface area contributed by atoms with Crippen LogP contribution < -0.4 is 15.4 Å². The average molecular weight is 556 g/mol. The minimum atomic E-state index is 0. The summed E-state index contributed by atoms with van der Waals surface area (Å²) in [5.74, 6) is 3.58. The summed E-state index contributed by atoms with van der Waals surface area (Å²) in [5, 5.41) is 11.5. The van der Waals surface area contributed by atoms with Crippen LogP contribution in [0.5, 0.6) is 5.75 Å². The van der Waals surface area contributed by atoms with Gasteiger partial charge >= 0.3 is 0 Å². The molecule has 2 aromatic rings. The molecule has 0 aliphatic carbocycles. The van der Waals surface area contributed by atoms with Gasteiger partial charge in [-0.25, -0.2) is 9.67 Å². The molecular weight excluding hydrogens is 519 g/mol. The Balaban J connectivity index is 0.00000363. The second-order valence-electron chi connectivity index (χ2n) is 7.80. The summed E-state index contributed by atoms with van der Waals surface area (Å²) in [4.78, 5) is 9.32. The van der Waals surface area contributed by atoms with E-state index in [1.54, 1.807) is 7.11 Å². The number of hydrogen-bond acceptors (Lipinski definition) is 5. The van der Waals surface area contributed by atoms with Gasteiger partial charge in [0.2, 0.25) is 0 Å². The summed E-state index contributed by atoms with van der Waals surface area (Å²) in [6.45, 7) is 7.83. The first-order chi connectivity index (χ1) is 15.2. The number of methoxy groups -OCH3 is 1. The molecule has 0 amide bonds. The number of nitrogens with one attached hydrogen (secondary N) is 2. The number of halogens is 1. The molecule has 9 heteroatoms. The minimum absolute atomic E-state index is 0. The van der Waals surface area contributed by atoms with E-state index in [-0.39, 0.29) is 30.0 Å². The highest BCUT2D eigenvalue weighted by Gasteiger charge is 2.22. The van der Waals surface area contributed by atoms with Crippen molar-refractivity contribution in [1.29, 1.82) is 0 Å². The lowest BCUT2D eigenvalue weighted by atomic mass is 10.1. The van der Waals surface area contributed by atoms with Gasteiger partial charge in [0.1, 0.15) is 18.2 Å². The minimum Gasteiger partial charge on any atom is -0.494 e. The van der Waals surface area contributed by atoms with Crippen LogP contribution in [-0.2, 0) is 30.7 Å². The SMILES string of the molecule is CCCCOc1ccc(CCN=C(NCC)NC2CCc3nc(COC)nn3C2)cc1.I. The molecule has 0 fully saturated rings. The molecule has 1 atom stereocenters. The largest absolute Gasteiger partial charge is 0.494 e. The van der Waals surface area contributed by atoms with Crippen molar-refractivity contribution in [1.82, 2.24) is 25.4 Å². The lowest BCUT2D eigenvalue weighted by molar-refractivity contribution is 0.177. The van der Waals surface area contributed by atoms with E-state index in [1.807, 2.05) is 16.8 Å². The molecule has 1 aromatic carbocycles. The van der Waals surface area contributed by atoms with Crippen LogP contribution in [0, 0.1) is 0 Å². The number of rotatable bonds is 11. The summed E-state index contributed by atoms with van der Waals surface area (Å²) in [5.41, 5.74) is 1.26. The van der Waals surface area contributed by atoms with Crippen LogP contribution in [0.2, 0.25) is 0 Å². The van der Waals surface area contributed by atoms with Crippen LogP contribution in [0.3, 0.4) is 0 Å². The van der Waals surface area contributed by atoms with Crippen molar-refractivity contribution in [2.45, 2.75) is 65.1 Å². The van der Waals surface area contributed by atoms with Crippen molar-refractivity contribution in [2.24, 2.45) is 4.99 Å². The van der Waals surface area contributed by atoms with Gasteiger partial charge < -0.3 is 20.1 Å². The van der Waals surface area contributed by atoms with Crippen LogP contribution in [-0.4, -0.2) is 53.6 Å². The third-order valence-corrected chi connectivity index (χ3v) is 5.22. The first kappa shape index (κ1) is 26.4. The fourth-order valence-corrected chi connectivity index (χ4v) is 3.57. The zero-order chi connectivity index (χ0) is 21.9. The van der Waals surface area contributed by atoms with Gasteiger partial charge in [-0.2, -0.15) is 5.10 Å². The van der Waals surface area contributed by atoms with E-state index in [1.165, 1.54) is 5.56 Å². The van der Waals surface area contributed by atoms with Crippen molar-refractivity contribution in [3.63, 3.8) is 0 Å². The highest BCUT2D eigenvalue weighted by atomic mass is 127. The molecule has 8 nitrogen and oxygen atoms in total. The summed E-state index contributed by atoms with van der Waals surface area (Å²) in [7, 11) is 1.67. The summed E-state index contributed by atoms with van der Waals surface area (Å²) in [6, 6.07) is 8.63. The molecule has 178 valence electrons. The fraction of sp³-hybridized carbons (Fsp3) is 0.609. The Labute approximate surface area is 208 Å². The molecule has 1 aliphatic rings. The number of fused-ring (bicyclic) bond motifs is 1. The van der Waals surface area contributed by atoms with E-state index in [0.29, 0.717) is 6.61 Å². The number of aliphatic imine (C=N–C) groups is 1. The first-order valence-electron chi connectivity index (χ1n) is 11.4. The molecule has 0 radical (unpaired) electrons.